The number of fused-ring (bicyclic) bond motifs is 6. The van der Waals surface area contributed by atoms with Crippen LogP contribution >= 0.6 is 0 Å². The Labute approximate surface area is 281 Å². The summed E-state index contributed by atoms with van der Waals surface area (Å²) in [5.74, 6) is 3.62. The quantitative estimate of drug-likeness (QED) is 0.196. The minimum absolute atomic E-state index is 0.0188. The molecular weight excluding hydrogens is 587 g/mol. The van der Waals surface area contributed by atoms with Crippen LogP contribution in [0.2, 0.25) is 0 Å². The third-order valence-corrected chi connectivity index (χ3v) is 10.9. The van der Waals surface area contributed by atoms with Crippen LogP contribution < -0.4 is 0 Å². The average Bonchev–Trinajstić information content (AvgIpc) is 3.58. The molecule has 3 unspecified atom stereocenters. The molecule has 0 aliphatic heterocycles. The molecule has 3 aromatic heterocycles. The molecule has 0 bridgehead atoms. The maximum atomic E-state index is 5.13. The highest BCUT2D eigenvalue weighted by Gasteiger charge is 2.48. The zero-order valence-corrected chi connectivity index (χ0v) is 27.7. The molecule has 3 heterocycles. The van der Waals surface area contributed by atoms with Gasteiger partial charge in [0, 0.05) is 51.2 Å². The lowest BCUT2D eigenvalue weighted by atomic mass is 9.68. The van der Waals surface area contributed by atoms with E-state index < -0.39 is 0 Å². The molecule has 3 aliphatic carbocycles. The largest absolute Gasteiger partial charge is 0.297 e. The molecule has 0 saturated heterocycles. The Kier molecular flexibility index (Phi) is 6.32. The number of aromatic nitrogens is 5. The third kappa shape index (κ3) is 4.23. The zero-order chi connectivity index (χ0) is 32.6. The minimum Gasteiger partial charge on any atom is -0.297 e. The van der Waals surface area contributed by atoms with Gasteiger partial charge in [-0.15, -0.1) is 0 Å². The Morgan fingerprint density at radius 2 is 1.50 bits per heavy atom. The van der Waals surface area contributed by atoms with Gasteiger partial charge >= 0.3 is 0 Å². The molecular formula is C43H37N5. The van der Waals surface area contributed by atoms with Crippen LogP contribution in [0.3, 0.4) is 0 Å². The van der Waals surface area contributed by atoms with E-state index in [4.69, 9.17) is 19.9 Å². The van der Waals surface area contributed by atoms with Gasteiger partial charge in [-0.05, 0) is 59.7 Å². The predicted octanol–water partition coefficient (Wildman–Crippen LogP) is 9.88. The van der Waals surface area contributed by atoms with Gasteiger partial charge in [0.1, 0.15) is 11.6 Å². The predicted molar refractivity (Wildman–Crippen MR) is 195 cm³/mol. The summed E-state index contributed by atoms with van der Waals surface area (Å²) >= 11 is 0. The number of rotatable bonds is 4. The van der Waals surface area contributed by atoms with Gasteiger partial charge in [0.25, 0.3) is 0 Å². The van der Waals surface area contributed by atoms with Crippen molar-refractivity contribution in [1.82, 2.24) is 24.5 Å². The highest BCUT2D eigenvalue weighted by molar-refractivity contribution is 6.01. The summed E-state index contributed by atoms with van der Waals surface area (Å²) in [5.41, 5.74) is 9.63. The molecule has 3 aromatic carbocycles. The molecule has 0 spiro atoms. The van der Waals surface area contributed by atoms with E-state index in [0.717, 1.165) is 29.2 Å². The van der Waals surface area contributed by atoms with Crippen LogP contribution in [0, 0.1) is 5.92 Å². The monoisotopic (exact) mass is 623 g/mol. The van der Waals surface area contributed by atoms with Gasteiger partial charge in [-0.25, -0.2) is 19.9 Å². The summed E-state index contributed by atoms with van der Waals surface area (Å²) < 4.78 is 2.39. The summed E-state index contributed by atoms with van der Waals surface area (Å²) in [6, 6.07) is 32.1. The van der Waals surface area contributed by atoms with Crippen LogP contribution in [0.25, 0.3) is 51.1 Å². The lowest BCUT2D eigenvalue weighted by Crippen LogP contribution is -2.30. The highest BCUT2D eigenvalue weighted by atomic mass is 15.1. The maximum absolute atomic E-state index is 5.13. The van der Waals surface area contributed by atoms with Crippen molar-refractivity contribution >= 4 is 22.6 Å². The van der Waals surface area contributed by atoms with Crippen LogP contribution in [-0.2, 0) is 10.8 Å². The van der Waals surface area contributed by atoms with Crippen LogP contribution in [-0.4, -0.2) is 24.5 Å². The molecule has 0 radical (unpaired) electrons. The average molecular weight is 624 g/mol. The molecule has 234 valence electrons. The normalized spacial score (nSPS) is 21.9. The Morgan fingerprint density at radius 1 is 0.750 bits per heavy atom. The molecule has 3 aliphatic rings. The highest BCUT2D eigenvalue weighted by Crippen LogP contribution is 2.59. The number of nitrogens with zero attached hydrogens (tertiary/aromatic N) is 5. The second kappa shape index (κ2) is 10.5. The van der Waals surface area contributed by atoms with E-state index in [9.17, 15) is 0 Å². The summed E-state index contributed by atoms with van der Waals surface area (Å²) in [4.78, 5) is 20.2. The molecule has 0 N–H and O–H groups in total. The first kappa shape index (κ1) is 28.8. The smallest absolute Gasteiger partial charge is 0.165 e. The number of benzene rings is 3. The standard InChI is InChI=1S/C43H37N5/c1-27-37-32(30-17-9-11-19-34(30)42(37,2)3)25-33-31-18-10-12-20-35(31)48(38(27)33)36-22-21-29(26-44-36)40-45-39(28-15-7-5-8-16-28)46-41(47-40)43(4)23-13-6-14-24-43/h5-23,25-27,37H,24H2,1-4H3. The summed E-state index contributed by atoms with van der Waals surface area (Å²) in [6.45, 7) is 9.41. The van der Waals surface area contributed by atoms with Gasteiger partial charge in [-0.2, -0.15) is 0 Å². The molecule has 3 atom stereocenters. The lowest BCUT2D eigenvalue weighted by molar-refractivity contribution is 0.359. The van der Waals surface area contributed by atoms with Gasteiger partial charge in [0.2, 0.25) is 0 Å². The van der Waals surface area contributed by atoms with Crippen molar-refractivity contribution in [2.24, 2.45) is 5.92 Å². The Bertz CT molecular complexity index is 2320. The molecule has 0 saturated carbocycles. The van der Waals surface area contributed by atoms with Gasteiger partial charge in [-0.1, -0.05) is 118 Å². The Morgan fingerprint density at radius 3 is 2.27 bits per heavy atom. The van der Waals surface area contributed by atoms with E-state index in [1.807, 2.05) is 24.4 Å². The fraction of sp³-hybridized carbons (Fsp3) is 0.209. The van der Waals surface area contributed by atoms with E-state index in [2.05, 4.69) is 135 Å². The minimum atomic E-state index is -0.317. The van der Waals surface area contributed by atoms with Crippen molar-refractivity contribution in [3.8, 4) is 28.6 Å². The van der Waals surface area contributed by atoms with E-state index in [1.54, 1.807) is 0 Å². The van der Waals surface area contributed by atoms with Crippen molar-refractivity contribution in [1.29, 1.82) is 0 Å². The van der Waals surface area contributed by atoms with Gasteiger partial charge in [-0.3, -0.25) is 4.57 Å². The van der Waals surface area contributed by atoms with Crippen molar-refractivity contribution < 1.29 is 0 Å². The first-order valence-corrected chi connectivity index (χ1v) is 16.9. The van der Waals surface area contributed by atoms with Gasteiger partial charge in [0.05, 0.1) is 5.52 Å². The van der Waals surface area contributed by atoms with Crippen LogP contribution in [0.5, 0.6) is 0 Å². The molecule has 0 amide bonds. The Hall–Kier alpha value is -5.42. The molecule has 0 fully saturated rings. The van der Waals surface area contributed by atoms with E-state index in [-0.39, 0.29) is 16.7 Å². The first-order valence-electron chi connectivity index (χ1n) is 16.9. The fourth-order valence-electron chi connectivity index (χ4n) is 8.55. The second-order valence-electron chi connectivity index (χ2n) is 14.3. The van der Waals surface area contributed by atoms with E-state index in [1.165, 1.54) is 38.9 Å². The summed E-state index contributed by atoms with van der Waals surface area (Å²) in [7, 11) is 0. The second-order valence-corrected chi connectivity index (χ2v) is 14.3. The lowest BCUT2D eigenvalue weighted by Gasteiger charge is -2.37. The number of hydrogen-bond acceptors (Lipinski definition) is 4. The third-order valence-electron chi connectivity index (χ3n) is 10.9. The molecule has 6 aromatic rings. The number of para-hydroxylation sites is 1. The van der Waals surface area contributed by atoms with Crippen molar-refractivity contribution in [3.05, 3.63) is 150 Å². The van der Waals surface area contributed by atoms with E-state index in [0.29, 0.717) is 17.6 Å². The fourth-order valence-corrected chi connectivity index (χ4v) is 8.55. The summed E-state index contributed by atoms with van der Waals surface area (Å²) in [6.07, 6.45) is 13.8. The van der Waals surface area contributed by atoms with E-state index >= 15 is 0 Å². The number of allylic oxidation sites excluding steroid dienone is 5. The van der Waals surface area contributed by atoms with Crippen molar-refractivity contribution in [3.63, 3.8) is 0 Å². The molecule has 5 nitrogen and oxygen atoms in total. The van der Waals surface area contributed by atoms with Gasteiger partial charge < -0.3 is 0 Å². The van der Waals surface area contributed by atoms with Crippen molar-refractivity contribution in [2.45, 2.75) is 50.9 Å². The van der Waals surface area contributed by atoms with Gasteiger partial charge in [0.15, 0.2) is 11.6 Å². The number of hydrogen-bond donors (Lipinski definition) is 0. The molecule has 9 rings (SSSR count). The van der Waals surface area contributed by atoms with Crippen LogP contribution in [0.4, 0.5) is 0 Å². The molecule has 5 heteroatoms. The Balaban J connectivity index is 1.18. The topological polar surface area (TPSA) is 56.5 Å². The first-order chi connectivity index (χ1) is 23.3. The molecule has 48 heavy (non-hydrogen) atoms. The summed E-state index contributed by atoms with van der Waals surface area (Å²) in [5, 5.41) is 1.26. The van der Waals surface area contributed by atoms with Crippen molar-refractivity contribution in [2.75, 3.05) is 0 Å². The SMILES string of the molecule is CC1c2c(c3ccccc3n2-c2ccc(-c3nc(-c4ccccc4)nc(C4(C)C=CC=CC4)n3)cn2)C=C2c3ccccc3C(C)(C)C21. The van der Waals surface area contributed by atoms with Crippen LogP contribution in [0.1, 0.15) is 68.2 Å². The number of pyridine rings is 1. The zero-order valence-electron chi connectivity index (χ0n) is 27.7. The van der Waals surface area contributed by atoms with Crippen LogP contribution in [0.15, 0.2) is 121 Å². The maximum Gasteiger partial charge on any atom is 0.165 e.